The number of nitrogens with zero attached hydrogens (tertiary/aromatic N) is 1. The molecule has 2 heteroatoms. The van der Waals surface area contributed by atoms with Gasteiger partial charge in [-0.15, -0.1) is 0 Å². The first-order valence-electron chi connectivity index (χ1n) is 3.93. The topological polar surface area (TPSA) is 12.4 Å². The van der Waals surface area contributed by atoms with E-state index in [0.29, 0.717) is 0 Å². The molecule has 0 saturated carbocycles. The van der Waals surface area contributed by atoms with E-state index in [1.165, 1.54) is 0 Å². The van der Waals surface area contributed by atoms with Crippen molar-refractivity contribution in [1.29, 1.82) is 0 Å². The quantitative estimate of drug-likeness (QED) is 0.436. The highest BCUT2D eigenvalue weighted by Crippen LogP contribution is 2.24. The van der Waals surface area contributed by atoms with E-state index < -0.39 is 0 Å². The van der Waals surface area contributed by atoms with Gasteiger partial charge in [-0.05, 0) is 38.1 Å². The van der Waals surface area contributed by atoms with E-state index >= 15 is 0 Å². The Hall–Kier alpha value is 0.0200. The van der Waals surface area contributed by atoms with Gasteiger partial charge in [-0.3, -0.25) is 0 Å². The predicted octanol–water partition coefficient (Wildman–Crippen LogP) is 3.55. The maximum Gasteiger partial charge on any atom is 0.0294 e. The molecule has 66 valence electrons. The number of hydrogen-bond donors (Lipinski definition) is 0. The normalized spacial score (nSPS) is 14.4. The fourth-order valence-electron chi connectivity index (χ4n) is 0.343. The molecule has 0 aliphatic carbocycles. The van der Waals surface area contributed by atoms with Crippen molar-refractivity contribution in [3.05, 3.63) is 0 Å². The summed E-state index contributed by atoms with van der Waals surface area (Å²) in [6.45, 7) is 13.0. The molecule has 0 radical (unpaired) electrons. The average molecular weight is 173 g/mol. The van der Waals surface area contributed by atoms with Crippen molar-refractivity contribution < 1.29 is 0 Å². The predicted molar refractivity (Wildman–Crippen MR) is 55.3 cm³/mol. The lowest BCUT2D eigenvalue weighted by Gasteiger charge is -2.15. The smallest absolute Gasteiger partial charge is 0.0294 e. The zero-order chi connectivity index (χ0) is 9.12. The summed E-state index contributed by atoms with van der Waals surface area (Å²) in [6.07, 6.45) is 2.00. The van der Waals surface area contributed by atoms with Crippen molar-refractivity contribution in [1.82, 2.24) is 0 Å². The third-order valence-electron chi connectivity index (χ3n) is 0.767. The molecule has 0 saturated heterocycles. The minimum Gasteiger partial charge on any atom is -0.228 e. The molecule has 0 aliphatic rings. The van der Waals surface area contributed by atoms with E-state index in [1.807, 2.05) is 6.21 Å². The van der Waals surface area contributed by atoms with Crippen LogP contribution in [0.5, 0.6) is 0 Å². The second-order valence-electron chi connectivity index (χ2n) is 4.80. The van der Waals surface area contributed by atoms with Gasteiger partial charge in [0, 0.05) is 11.0 Å². The van der Waals surface area contributed by atoms with Gasteiger partial charge in [0.1, 0.15) is 0 Å². The van der Waals surface area contributed by atoms with Gasteiger partial charge in [-0.1, -0.05) is 20.8 Å². The minimum absolute atomic E-state index is 0.207. The lowest BCUT2D eigenvalue weighted by atomic mass is 10.00. The summed E-state index contributed by atoms with van der Waals surface area (Å²) in [5.41, 5.74) is 0.207. The van der Waals surface area contributed by atoms with E-state index in [4.69, 9.17) is 0 Å². The Bertz CT molecular complexity index is 137. The first-order valence-corrected chi connectivity index (χ1v) is 4.71. The lowest BCUT2D eigenvalue weighted by molar-refractivity contribution is 0.608. The summed E-state index contributed by atoms with van der Waals surface area (Å²) in [5.74, 6) is 0. The van der Waals surface area contributed by atoms with E-state index in [1.54, 1.807) is 11.9 Å². The monoisotopic (exact) mass is 173 g/mol. The molecule has 0 fully saturated rings. The van der Waals surface area contributed by atoms with Crippen LogP contribution in [0, 0.1) is 5.41 Å². The van der Waals surface area contributed by atoms with Crippen LogP contribution in [0.15, 0.2) is 4.40 Å². The summed E-state index contributed by atoms with van der Waals surface area (Å²) >= 11 is 1.63. The first kappa shape index (κ1) is 11.0. The molecule has 0 heterocycles. The lowest BCUT2D eigenvalue weighted by Crippen LogP contribution is -2.08. The van der Waals surface area contributed by atoms with Crippen molar-refractivity contribution >= 4 is 18.2 Å². The average Bonchev–Trinajstić information content (AvgIpc) is 1.55. The van der Waals surface area contributed by atoms with Crippen LogP contribution in [0.1, 0.15) is 41.5 Å². The van der Waals surface area contributed by atoms with Crippen molar-refractivity contribution in [3.8, 4) is 0 Å². The van der Waals surface area contributed by atoms with Crippen LogP contribution in [0.3, 0.4) is 0 Å². The maximum atomic E-state index is 4.31. The Balaban J connectivity index is 3.80. The van der Waals surface area contributed by atoms with Crippen LogP contribution in [-0.4, -0.2) is 11.0 Å². The van der Waals surface area contributed by atoms with Crippen molar-refractivity contribution in [2.24, 2.45) is 9.81 Å². The van der Waals surface area contributed by atoms with Gasteiger partial charge in [0.2, 0.25) is 0 Å². The third kappa shape index (κ3) is 10.0. The molecule has 0 atom stereocenters. The summed E-state index contributed by atoms with van der Waals surface area (Å²) in [4.78, 5) is 0. The van der Waals surface area contributed by atoms with E-state index in [9.17, 15) is 0 Å². The molecular formula is C9H19NS. The first-order chi connectivity index (χ1) is 4.71. The SMILES string of the molecule is CC(C)(C)/C=N\SC(C)(C)C. The van der Waals surface area contributed by atoms with Gasteiger partial charge in [-0.25, -0.2) is 4.40 Å². The largest absolute Gasteiger partial charge is 0.228 e. The molecule has 0 aromatic heterocycles. The van der Waals surface area contributed by atoms with Gasteiger partial charge in [0.25, 0.3) is 0 Å². The van der Waals surface area contributed by atoms with Crippen LogP contribution in [0.2, 0.25) is 0 Å². The van der Waals surface area contributed by atoms with Crippen LogP contribution < -0.4 is 0 Å². The van der Waals surface area contributed by atoms with Crippen molar-refractivity contribution in [3.63, 3.8) is 0 Å². The third-order valence-corrected chi connectivity index (χ3v) is 1.53. The molecule has 0 aromatic carbocycles. The fraction of sp³-hybridized carbons (Fsp3) is 0.889. The Morgan fingerprint density at radius 2 is 1.45 bits per heavy atom. The molecule has 11 heavy (non-hydrogen) atoms. The van der Waals surface area contributed by atoms with Crippen LogP contribution in [-0.2, 0) is 0 Å². The van der Waals surface area contributed by atoms with Crippen LogP contribution in [0.4, 0.5) is 0 Å². The summed E-state index contributed by atoms with van der Waals surface area (Å²) in [7, 11) is 0. The molecule has 0 unspecified atom stereocenters. The molecule has 0 rings (SSSR count). The van der Waals surface area contributed by atoms with Crippen molar-refractivity contribution in [2.45, 2.75) is 46.3 Å². The molecule has 0 bridgehead atoms. The maximum absolute atomic E-state index is 4.31. The zero-order valence-corrected chi connectivity index (χ0v) is 9.25. The summed E-state index contributed by atoms with van der Waals surface area (Å²) < 4.78 is 4.54. The highest BCUT2D eigenvalue weighted by Gasteiger charge is 2.11. The second kappa shape index (κ2) is 3.61. The van der Waals surface area contributed by atoms with E-state index in [-0.39, 0.29) is 10.2 Å². The van der Waals surface area contributed by atoms with Crippen LogP contribution in [0.25, 0.3) is 0 Å². The standard InChI is InChI=1S/C9H19NS/c1-8(2,3)7-10-11-9(4,5)6/h7H,1-6H3/b10-7-. The molecule has 0 aliphatic heterocycles. The summed E-state index contributed by atoms with van der Waals surface area (Å²) in [5, 5.41) is 0. The molecular weight excluding hydrogens is 154 g/mol. The van der Waals surface area contributed by atoms with Gasteiger partial charge in [0.15, 0.2) is 0 Å². The molecule has 0 aromatic rings. The molecule has 0 N–H and O–H groups in total. The van der Waals surface area contributed by atoms with Gasteiger partial charge in [0.05, 0.1) is 0 Å². The number of hydrogen-bond acceptors (Lipinski definition) is 2. The summed E-state index contributed by atoms with van der Waals surface area (Å²) in [6, 6.07) is 0. The Labute approximate surface area is 74.8 Å². The minimum atomic E-state index is 0.207. The van der Waals surface area contributed by atoms with E-state index in [0.717, 1.165) is 0 Å². The van der Waals surface area contributed by atoms with Gasteiger partial charge in [-0.2, -0.15) is 0 Å². The van der Waals surface area contributed by atoms with E-state index in [2.05, 4.69) is 45.9 Å². The molecule has 0 spiro atoms. The number of rotatable bonds is 1. The Morgan fingerprint density at radius 3 is 1.73 bits per heavy atom. The van der Waals surface area contributed by atoms with Crippen LogP contribution >= 0.6 is 11.9 Å². The zero-order valence-electron chi connectivity index (χ0n) is 8.43. The second-order valence-corrected chi connectivity index (χ2v) is 6.42. The van der Waals surface area contributed by atoms with Gasteiger partial charge >= 0.3 is 0 Å². The highest BCUT2D eigenvalue weighted by atomic mass is 32.2. The fourth-order valence-corrected chi connectivity index (χ4v) is 1.03. The van der Waals surface area contributed by atoms with Gasteiger partial charge < -0.3 is 0 Å². The highest BCUT2D eigenvalue weighted by molar-refractivity contribution is 7.99. The Kier molecular flexibility index (Phi) is 3.62. The van der Waals surface area contributed by atoms with Crippen molar-refractivity contribution in [2.75, 3.05) is 0 Å². The molecule has 0 amide bonds. The molecule has 1 nitrogen and oxygen atoms in total. The Morgan fingerprint density at radius 1 is 1.00 bits per heavy atom.